The number of aryl methyl sites for hydroxylation is 3. The monoisotopic (exact) mass is 349 g/mol. The van der Waals surface area contributed by atoms with Crippen molar-refractivity contribution in [1.82, 2.24) is 14.9 Å². The Morgan fingerprint density at radius 2 is 1.92 bits per heavy atom. The van der Waals surface area contributed by atoms with Gasteiger partial charge in [-0.2, -0.15) is 0 Å². The number of amides is 1. The molecule has 3 aromatic rings. The number of benzene rings is 2. The third-order valence-electron chi connectivity index (χ3n) is 4.44. The van der Waals surface area contributed by atoms with Crippen molar-refractivity contribution in [2.75, 3.05) is 6.54 Å². The fourth-order valence-electron chi connectivity index (χ4n) is 2.97. The van der Waals surface area contributed by atoms with Crippen LogP contribution in [-0.2, 0) is 17.8 Å². The lowest BCUT2D eigenvalue weighted by atomic mass is 10.1. The maximum atomic E-state index is 12.5. The van der Waals surface area contributed by atoms with Gasteiger partial charge in [-0.05, 0) is 37.0 Å². The zero-order chi connectivity index (χ0) is 18.4. The predicted octanol–water partition coefficient (Wildman–Crippen LogP) is 2.84. The molecule has 0 aliphatic heterocycles. The van der Waals surface area contributed by atoms with Gasteiger partial charge in [0.05, 0.1) is 17.2 Å². The second-order valence-corrected chi connectivity index (χ2v) is 6.40. The highest BCUT2D eigenvalue weighted by atomic mass is 16.1. The van der Waals surface area contributed by atoms with E-state index in [1.807, 2.05) is 37.3 Å². The zero-order valence-electron chi connectivity index (χ0n) is 14.9. The Kier molecular flexibility index (Phi) is 5.79. The fraction of sp³-hybridized carbons (Fsp3) is 0.286. The zero-order valence-corrected chi connectivity index (χ0v) is 14.9. The summed E-state index contributed by atoms with van der Waals surface area (Å²) in [5, 5.41) is 3.51. The molecule has 1 heterocycles. The molecule has 5 nitrogen and oxygen atoms in total. The van der Waals surface area contributed by atoms with E-state index in [-0.39, 0.29) is 17.9 Å². The van der Waals surface area contributed by atoms with Crippen molar-refractivity contribution in [3.05, 3.63) is 76.3 Å². The average molecular weight is 349 g/mol. The normalized spacial score (nSPS) is 10.8. The number of fused-ring (bicyclic) bond motifs is 1. The van der Waals surface area contributed by atoms with Crippen molar-refractivity contribution in [1.29, 1.82) is 0 Å². The van der Waals surface area contributed by atoms with Crippen molar-refractivity contribution in [2.45, 2.75) is 32.7 Å². The molecule has 0 bridgehead atoms. The summed E-state index contributed by atoms with van der Waals surface area (Å²) in [6.45, 7) is 2.90. The number of rotatable bonds is 7. The summed E-state index contributed by atoms with van der Waals surface area (Å²) in [4.78, 5) is 28.9. The van der Waals surface area contributed by atoms with Crippen LogP contribution >= 0.6 is 0 Å². The minimum atomic E-state index is -0.101. The van der Waals surface area contributed by atoms with Gasteiger partial charge in [0, 0.05) is 19.5 Å². The second kappa shape index (κ2) is 8.43. The first-order valence-electron chi connectivity index (χ1n) is 8.90. The summed E-state index contributed by atoms with van der Waals surface area (Å²) in [5.74, 6) is -0.0469. The van der Waals surface area contributed by atoms with Crippen LogP contribution in [0.1, 0.15) is 24.0 Å². The lowest BCUT2D eigenvalue weighted by molar-refractivity contribution is -0.121. The van der Waals surface area contributed by atoms with Crippen LogP contribution in [0.5, 0.6) is 0 Å². The largest absolute Gasteiger partial charge is 0.356 e. The van der Waals surface area contributed by atoms with Crippen molar-refractivity contribution in [2.24, 2.45) is 0 Å². The van der Waals surface area contributed by atoms with Gasteiger partial charge in [-0.15, -0.1) is 0 Å². The minimum Gasteiger partial charge on any atom is -0.356 e. The maximum absolute atomic E-state index is 12.5. The number of nitrogens with one attached hydrogen (secondary N) is 1. The molecule has 0 unspecified atom stereocenters. The summed E-state index contributed by atoms with van der Waals surface area (Å²) in [6, 6.07) is 15.8. The van der Waals surface area contributed by atoms with Crippen LogP contribution < -0.4 is 10.9 Å². The molecule has 0 spiro atoms. The van der Waals surface area contributed by atoms with Crippen LogP contribution in [0.15, 0.2) is 59.7 Å². The van der Waals surface area contributed by atoms with Crippen LogP contribution in [0.2, 0.25) is 0 Å². The van der Waals surface area contributed by atoms with Crippen molar-refractivity contribution < 1.29 is 4.79 Å². The molecule has 1 aromatic heterocycles. The van der Waals surface area contributed by atoms with Gasteiger partial charge in [-0.1, -0.05) is 42.5 Å². The Balaban J connectivity index is 1.49. The Bertz CT molecular complexity index is 948. The third-order valence-corrected chi connectivity index (χ3v) is 4.44. The summed E-state index contributed by atoms with van der Waals surface area (Å²) in [5.41, 5.74) is 2.86. The van der Waals surface area contributed by atoms with Crippen molar-refractivity contribution in [3.8, 4) is 0 Å². The van der Waals surface area contributed by atoms with Gasteiger partial charge in [-0.25, -0.2) is 4.98 Å². The Labute approximate surface area is 152 Å². The van der Waals surface area contributed by atoms with E-state index in [1.165, 1.54) is 16.5 Å². The molecule has 1 amide bonds. The van der Waals surface area contributed by atoms with E-state index >= 15 is 0 Å². The smallest absolute Gasteiger partial charge is 0.261 e. The first kappa shape index (κ1) is 17.9. The predicted molar refractivity (Wildman–Crippen MR) is 103 cm³/mol. The molecule has 0 saturated carbocycles. The van der Waals surface area contributed by atoms with Crippen LogP contribution in [0.3, 0.4) is 0 Å². The van der Waals surface area contributed by atoms with Crippen LogP contribution in [0, 0.1) is 6.92 Å². The lowest BCUT2D eigenvalue weighted by Crippen LogP contribution is -2.28. The van der Waals surface area contributed by atoms with E-state index in [9.17, 15) is 9.59 Å². The van der Waals surface area contributed by atoms with Gasteiger partial charge >= 0.3 is 0 Å². The SMILES string of the molecule is Cc1cccc2c(=O)n(CCC(=O)NCCCc3ccccc3)cnc12. The third kappa shape index (κ3) is 4.36. The topological polar surface area (TPSA) is 64.0 Å². The molecule has 0 atom stereocenters. The number of hydrogen-bond donors (Lipinski definition) is 1. The number of carbonyl (C=O) groups excluding carboxylic acids is 1. The molecule has 134 valence electrons. The maximum Gasteiger partial charge on any atom is 0.261 e. The summed E-state index contributed by atoms with van der Waals surface area (Å²) >= 11 is 0. The Morgan fingerprint density at radius 1 is 1.12 bits per heavy atom. The fourth-order valence-corrected chi connectivity index (χ4v) is 2.97. The molecule has 0 radical (unpaired) electrons. The van der Waals surface area contributed by atoms with Gasteiger partial charge in [0.2, 0.25) is 5.91 Å². The van der Waals surface area contributed by atoms with E-state index in [4.69, 9.17) is 0 Å². The number of hydrogen-bond acceptors (Lipinski definition) is 3. The van der Waals surface area contributed by atoms with E-state index in [0.29, 0.717) is 18.5 Å². The highest BCUT2D eigenvalue weighted by molar-refractivity contribution is 5.80. The highest BCUT2D eigenvalue weighted by Gasteiger charge is 2.07. The van der Waals surface area contributed by atoms with Crippen LogP contribution in [0.25, 0.3) is 10.9 Å². The van der Waals surface area contributed by atoms with Crippen LogP contribution in [-0.4, -0.2) is 22.0 Å². The molecular weight excluding hydrogens is 326 g/mol. The van der Waals surface area contributed by atoms with Gasteiger partial charge < -0.3 is 5.32 Å². The average Bonchev–Trinajstić information content (AvgIpc) is 2.66. The summed E-state index contributed by atoms with van der Waals surface area (Å²) in [6.07, 6.45) is 3.63. The van der Waals surface area contributed by atoms with Gasteiger partial charge in [0.15, 0.2) is 0 Å². The molecule has 2 aromatic carbocycles. The van der Waals surface area contributed by atoms with E-state index in [1.54, 1.807) is 6.07 Å². The number of para-hydroxylation sites is 1. The van der Waals surface area contributed by atoms with Crippen molar-refractivity contribution >= 4 is 16.8 Å². The van der Waals surface area contributed by atoms with E-state index < -0.39 is 0 Å². The quantitative estimate of drug-likeness (QED) is 0.667. The number of aromatic nitrogens is 2. The molecule has 1 N–H and O–H groups in total. The molecule has 0 aliphatic carbocycles. The molecule has 3 rings (SSSR count). The van der Waals surface area contributed by atoms with Gasteiger partial charge in [-0.3, -0.25) is 14.2 Å². The number of nitrogens with zero attached hydrogens (tertiary/aromatic N) is 2. The molecule has 0 aliphatic rings. The Morgan fingerprint density at radius 3 is 2.73 bits per heavy atom. The van der Waals surface area contributed by atoms with Crippen LogP contribution in [0.4, 0.5) is 0 Å². The molecular formula is C21H23N3O2. The second-order valence-electron chi connectivity index (χ2n) is 6.40. The van der Waals surface area contributed by atoms with E-state index in [2.05, 4.69) is 22.4 Å². The molecule has 26 heavy (non-hydrogen) atoms. The molecule has 5 heteroatoms. The standard InChI is InChI=1S/C21H23N3O2/c1-16-7-5-11-18-20(16)23-15-24(21(18)26)14-12-19(25)22-13-6-10-17-8-3-2-4-9-17/h2-5,7-9,11,15H,6,10,12-14H2,1H3,(H,22,25). The summed E-state index contributed by atoms with van der Waals surface area (Å²) in [7, 11) is 0. The molecule has 0 fully saturated rings. The Hall–Kier alpha value is -2.95. The first-order valence-corrected chi connectivity index (χ1v) is 8.90. The first-order chi connectivity index (χ1) is 12.6. The summed E-state index contributed by atoms with van der Waals surface area (Å²) < 4.78 is 1.51. The molecule has 0 saturated heterocycles. The highest BCUT2D eigenvalue weighted by Crippen LogP contribution is 2.11. The number of carbonyl (C=O) groups is 1. The van der Waals surface area contributed by atoms with E-state index in [0.717, 1.165) is 23.9 Å². The van der Waals surface area contributed by atoms with Crippen molar-refractivity contribution in [3.63, 3.8) is 0 Å². The minimum absolute atomic E-state index is 0.0469. The lowest BCUT2D eigenvalue weighted by Gasteiger charge is -2.08. The van der Waals surface area contributed by atoms with Gasteiger partial charge in [0.1, 0.15) is 0 Å². The van der Waals surface area contributed by atoms with Gasteiger partial charge in [0.25, 0.3) is 5.56 Å².